The van der Waals surface area contributed by atoms with Gasteiger partial charge in [0.05, 0.1) is 33.9 Å². The molecule has 0 saturated carbocycles. The number of H-pyrrole nitrogens is 1. The standard InChI is InChI=1S/C27H23ClN2O5/c1-3-34-24-15-19(13-22-17(2)29-30(26(22)31)21-10-5-4-6-11-21)14-23(28)25(24)35-16-18-8-7-9-20(12-18)27(32)33/h4-15,29H,2-3,16H2,1H3,(H,32,33)/p-1/b22-13+. The predicted octanol–water partition coefficient (Wildman–Crippen LogP) is 2.40. The number of carbonyl (C=O) groups excluding carboxylic acids is 1. The van der Waals surface area contributed by atoms with Gasteiger partial charge in [-0.05, 0) is 60.0 Å². The van der Waals surface area contributed by atoms with E-state index < -0.39 is 5.97 Å². The number of carbonyl (C=O) groups is 1. The Morgan fingerprint density at radius 3 is 2.60 bits per heavy atom. The smallest absolute Gasteiger partial charge is 0.279 e. The number of nitrogens with zero attached hydrogens (tertiary/aromatic N) is 1. The second-order valence-corrected chi connectivity index (χ2v) is 8.07. The molecule has 0 fully saturated rings. The highest BCUT2D eigenvalue weighted by Gasteiger charge is 2.13. The Bertz CT molecular complexity index is 1540. The third-order valence-corrected chi connectivity index (χ3v) is 5.49. The molecule has 1 heterocycles. The second-order valence-electron chi connectivity index (χ2n) is 7.66. The van der Waals surface area contributed by atoms with Crippen molar-refractivity contribution in [2.24, 2.45) is 0 Å². The fraction of sp³-hybridized carbons (Fsp3) is 0.111. The van der Waals surface area contributed by atoms with E-state index in [1.165, 1.54) is 16.8 Å². The van der Waals surface area contributed by atoms with Crippen LogP contribution in [0.5, 0.6) is 11.5 Å². The van der Waals surface area contributed by atoms with Gasteiger partial charge in [-0.15, -0.1) is 0 Å². The number of benzene rings is 3. The number of aromatic amines is 1. The molecule has 35 heavy (non-hydrogen) atoms. The van der Waals surface area contributed by atoms with Crippen molar-refractivity contribution in [1.29, 1.82) is 0 Å². The first-order chi connectivity index (χ1) is 16.9. The van der Waals surface area contributed by atoms with Crippen LogP contribution in [0.1, 0.15) is 28.4 Å². The predicted molar refractivity (Wildman–Crippen MR) is 132 cm³/mol. The van der Waals surface area contributed by atoms with Gasteiger partial charge in [0.25, 0.3) is 5.56 Å². The Morgan fingerprint density at radius 1 is 1.11 bits per heavy atom. The Kier molecular flexibility index (Phi) is 7.08. The van der Waals surface area contributed by atoms with Crippen molar-refractivity contribution in [3.05, 3.63) is 109 Å². The molecule has 0 aliphatic carbocycles. The zero-order chi connectivity index (χ0) is 24.9. The largest absolute Gasteiger partial charge is 0.545 e. The number of carboxylic acids is 1. The molecule has 0 atom stereocenters. The highest BCUT2D eigenvalue weighted by Crippen LogP contribution is 2.37. The van der Waals surface area contributed by atoms with E-state index >= 15 is 0 Å². The molecule has 0 aliphatic heterocycles. The van der Waals surface area contributed by atoms with Gasteiger partial charge in [0, 0.05) is 0 Å². The Hall–Kier alpha value is -4.23. The molecule has 0 unspecified atom stereocenters. The first-order valence-corrected chi connectivity index (χ1v) is 11.2. The maximum absolute atomic E-state index is 13.0. The van der Waals surface area contributed by atoms with Gasteiger partial charge in [-0.1, -0.05) is 54.6 Å². The molecule has 0 spiro atoms. The number of hydrogen-bond acceptors (Lipinski definition) is 5. The normalized spacial score (nSPS) is 11.4. The number of halogens is 1. The van der Waals surface area contributed by atoms with Gasteiger partial charge in [-0.2, -0.15) is 0 Å². The molecule has 7 nitrogen and oxygen atoms in total. The lowest BCUT2D eigenvalue weighted by molar-refractivity contribution is -0.255. The fourth-order valence-electron chi connectivity index (χ4n) is 3.59. The number of carboxylic acid groups (broad SMARTS) is 1. The summed E-state index contributed by atoms with van der Waals surface area (Å²) < 4.78 is 13.1. The van der Waals surface area contributed by atoms with Crippen LogP contribution in [-0.4, -0.2) is 22.4 Å². The van der Waals surface area contributed by atoms with Gasteiger partial charge in [0.2, 0.25) is 0 Å². The van der Waals surface area contributed by atoms with Crippen molar-refractivity contribution >= 4 is 30.2 Å². The van der Waals surface area contributed by atoms with Crippen LogP contribution in [0.25, 0.3) is 18.3 Å². The van der Waals surface area contributed by atoms with E-state index in [0.29, 0.717) is 45.5 Å². The first-order valence-electron chi connectivity index (χ1n) is 10.8. The average Bonchev–Trinajstić information content (AvgIpc) is 3.13. The van der Waals surface area contributed by atoms with Crippen LogP contribution in [0.2, 0.25) is 5.02 Å². The summed E-state index contributed by atoms with van der Waals surface area (Å²) >= 11 is 6.53. The number of para-hydroxylation sites is 1. The van der Waals surface area contributed by atoms with E-state index in [4.69, 9.17) is 21.1 Å². The van der Waals surface area contributed by atoms with E-state index in [9.17, 15) is 14.7 Å². The van der Waals surface area contributed by atoms with E-state index in [1.54, 1.807) is 30.3 Å². The van der Waals surface area contributed by atoms with Gasteiger partial charge < -0.3 is 19.4 Å². The molecule has 3 aromatic carbocycles. The molecule has 4 rings (SSSR count). The summed E-state index contributed by atoms with van der Waals surface area (Å²) in [5, 5.41) is 15.2. The molecule has 0 amide bonds. The van der Waals surface area contributed by atoms with Gasteiger partial charge in [0.1, 0.15) is 6.61 Å². The number of aromatic nitrogens is 2. The second kappa shape index (κ2) is 10.4. The maximum atomic E-state index is 13.0. The van der Waals surface area contributed by atoms with Gasteiger partial charge in [-0.25, -0.2) is 4.68 Å². The summed E-state index contributed by atoms with van der Waals surface area (Å²) in [5.74, 6) is -0.553. The van der Waals surface area contributed by atoms with Crippen molar-refractivity contribution in [2.45, 2.75) is 13.5 Å². The van der Waals surface area contributed by atoms with Crippen LogP contribution in [0.15, 0.2) is 71.5 Å². The van der Waals surface area contributed by atoms with Crippen LogP contribution < -0.4 is 30.7 Å². The van der Waals surface area contributed by atoms with E-state index in [0.717, 1.165) is 0 Å². The summed E-state index contributed by atoms with van der Waals surface area (Å²) in [5.41, 5.74) is 1.77. The average molecular weight is 490 g/mol. The van der Waals surface area contributed by atoms with Crippen molar-refractivity contribution in [3.8, 4) is 17.2 Å². The number of hydrogen-bond donors (Lipinski definition) is 1. The minimum absolute atomic E-state index is 0.0591. The third kappa shape index (κ3) is 5.31. The summed E-state index contributed by atoms with van der Waals surface area (Å²) in [6, 6.07) is 18.9. The molecule has 8 heteroatoms. The minimum Gasteiger partial charge on any atom is -0.545 e. The van der Waals surface area contributed by atoms with Crippen LogP contribution >= 0.6 is 11.6 Å². The van der Waals surface area contributed by atoms with Crippen LogP contribution in [-0.2, 0) is 6.61 Å². The topological polar surface area (TPSA) is 96.4 Å². The molecule has 1 N–H and O–H groups in total. The number of aromatic carboxylic acids is 1. The maximum Gasteiger partial charge on any atom is 0.279 e. The van der Waals surface area contributed by atoms with Gasteiger partial charge >= 0.3 is 0 Å². The summed E-state index contributed by atoms with van der Waals surface area (Å²) in [7, 11) is 0. The highest BCUT2D eigenvalue weighted by atomic mass is 35.5. The molecular formula is C27H22ClN2O5-. The molecular weight excluding hydrogens is 468 g/mol. The minimum atomic E-state index is -1.26. The SMILES string of the molecule is C=c1[nH]n(-c2ccccc2)c(=O)/c1=C/c1cc(Cl)c(OCc2cccc(C(=O)[O-])c2)c(OCC)c1. The van der Waals surface area contributed by atoms with Crippen molar-refractivity contribution < 1.29 is 19.4 Å². The van der Waals surface area contributed by atoms with Gasteiger partial charge in [0.15, 0.2) is 11.5 Å². The number of rotatable bonds is 8. The molecule has 0 radical (unpaired) electrons. The zero-order valence-electron chi connectivity index (χ0n) is 18.9. The van der Waals surface area contributed by atoms with E-state index in [2.05, 4.69) is 11.7 Å². The summed E-state index contributed by atoms with van der Waals surface area (Å²) in [6.45, 7) is 6.23. The Morgan fingerprint density at radius 2 is 1.89 bits per heavy atom. The van der Waals surface area contributed by atoms with E-state index in [1.807, 2.05) is 37.3 Å². The molecule has 178 valence electrons. The lowest BCUT2D eigenvalue weighted by Crippen LogP contribution is -2.33. The van der Waals surface area contributed by atoms with Crippen molar-refractivity contribution in [2.75, 3.05) is 6.61 Å². The molecule has 0 saturated heterocycles. The lowest BCUT2D eigenvalue weighted by Gasteiger charge is -2.15. The van der Waals surface area contributed by atoms with Crippen LogP contribution in [0.3, 0.4) is 0 Å². The first kappa shape index (κ1) is 23.9. The summed E-state index contributed by atoms with van der Waals surface area (Å²) in [6.07, 6.45) is 1.68. The lowest BCUT2D eigenvalue weighted by atomic mass is 10.1. The molecule has 0 bridgehead atoms. The molecule has 4 aromatic rings. The third-order valence-electron chi connectivity index (χ3n) is 5.21. The number of ether oxygens (including phenoxy) is 2. The van der Waals surface area contributed by atoms with Crippen LogP contribution in [0, 0.1) is 0 Å². The monoisotopic (exact) mass is 489 g/mol. The highest BCUT2D eigenvalue weighted by molar-refractivity contribution is 6.32. The van der Waals surface area contributed by atoms with Crippen molar-refractivity contribution in [3.63, 3.8) is 0 Å². The summed E-state index contributed by atoms with van der Waals surface area (Å²) in [4.78, 5) is 24.1. The Balaban J connectivity index is 1.69. The van der Waals surface area contributed by atoms with Crippen molar-refractivity contribution in [1.82, 2.24) is 9.78 Å². The van der Waals surface area contributed by atoms with Crippen LogP contribution in [0.4, 0.5) is 0 Å². The number of nitrogens with one attached hydrogen (secondary N) is 1. The molecule has 0 aliphatic rings. The zero-order valence-corrected chi connectivity index (χ0v) is 19.7. The molecule has 1 aromatic heterocycles. The van der Waals surface area contributed by atoms with E-state index in [-0.39, 0.29) is 22.8 Å². The fourth-order valence-corrected chi connectivity index (χ4v) is 3.86. The van der Waals surface area contributed by atoms with Gasteiger partial charge in [-0.3, -0.25) is 9.89 Å². The quantitative estimate of drug-likeness (QED) is 0.410. The Labute approximate surface area is 206 Å².